The van der Waals surface area contributed by atoms with Gasteiger partial charge in [0.15, 0.2) is 5.82 Å². The Balaban J connectivity index is 1.87. The normalized spacial score (nSPS) is 13.8. The second-order valence-corrected chi connectivity index (χ2v) is 6.18. The topological polar surface area (TPSA) is 88.4 Å². The molecule has 1 amide bonds. The molecule has 3 rings (SSSR count). The van der Waals surface area contributed by atoms with Gasteiger partial charge in [-0.2, -0.15) is 4.98 Å². The lowest BCUT2D eigenvalue weighted by molar-refractivity contribution is 0.102. The molecule has 0 atom stereocenters. The summed E-state index contributed by atoms with van der Waals surface area (Å²) in [7, 11) is 6.99. The number of aryl methyl sites for hydroxylation is 1. The smallest absolute Gasteiger partial charge is 0.262 e. The van der Waals surface area contributed by atoms with Crippen LogP contribution in [0.1, 0.15) is 23.2 Å². The Kier molecular flexibility index (Phi) is 4.73. The van der Waals surface area contributed by atoms with Crippen LogP contribution < -0.4 is 19.9 Å². The summed E-state index contributed by atoms with van der Waals surface area (Å²) in [6.07, 6.45) is 5.57. The van der Waals surface area contributed by atoms with Crippen LogP contribution in [-0.4, -0.2) is 60.0 Å². The molecule has 3 heterocycles. The number of methoxy groups -OCH3 is 1. The Labute approximate surface area is 146 Å². The van der Waals surface area contributed by atoms with Crippen LogP contribution in [0.2, 0.25) is 0 Å². The van der Waals surface area contributed by atoms with Gasteiger partial charge in [0.1, 0.15) is 11.3 Å². The predicted octanol–water partition coefficient (Wildman–Crippen LogP) is 1.14. The Morgan fingerprint density at radius 1 is 1.32 bits per heavy atom. The molecule has 1 aliphatic rings. The minimum atomic E-state index is -0.314. The third-order valence-electron chi connectivity index (χ3n) is 4.05. The van der Waals surface area contributed by atoms with Crippen molar-refractivity contribution in [2.45, 2.75) is 12.8 Å². The summed E-state index contributed by atoms with van der Waals surface area (Å²) in [5.41, 5.74) is 0.905. The highest BCUT2D eigenvalue weighted by atomic mass is 16.5. The van der Waals surface area contributed by atoms with E-state index in [-0.39, 0.29) is 11.8 Å². The third-order valence-corrected chi connectivity index (χ3v) is 4.05. The number of hydrogen-bond acceptors (Lipinski definition) is 7. The summed E-state index contributed by atoms with van der Waals surface area (Å²) < 4.78 is 6.68. The van der Waals surface area contributed by atoms with Crippen molar-refractivity contribution in [3.05, 3.63) is 18.0 Å². The number of carbonyl (C=O) groups is 1. The van der Waals surface area contributed by atoms with Gasteiger partial charge in [0.25, 0.3) is 5.91 Å². The summed E-state index contributed by atoms with van der Waals surface area (Å²) >= 11 is 0. The average Bonchev–Trinajstić information content (AvgIpc) is 3.24. The maximum Gasteiger partial charge on any atom is 0.262 e. The number of carbonyl (C=O) groups excluding carboxylic acids is 1. The molecular weight excluding hydrogens is 322 g/mol. The zero-order valence-electron chi connectivity index (χ0n) is 15.0. The van der Waals surface area contributed by atoms with E-state index in [1.807, 2.05) is 19.0 Å². The van der Waals surface area contributed by atoms with Crippen LogP contribution in [-0.2, 0) is 7.05 Å². The maximum absolute atomic E-state index is 12.6. The molecule has 0 radical (unpaired) electrons. The van der Waals surface area contributed by atoms with Gasteiger partial charge in [-0.25, -0.2) is 4.98 Å². The van der Waals surface area contributed by atoms with Crippen LogP contribution in [0.15, 0.2) is 12.4 Å². The zero-order chi connectivity index (χ0) is 18.0. The minimum Gasteiger partial charge on any atom is -0.479 e. The number of hydrogen-bond donors (Lipinski definition) is 1. The fourth-order valence-electron chi connectivity index (χ4n) is 2.83. The van der Waals surface area contributed by atoms with E-state index < -0.39 is 0 Å². The SMILES string of the molecule is COc1nn(C)cc1C(=O)Nc1cnc(N2CCCC2)nc1N(C)C. The molecule has 25 heavy (non-hydrogen) atoms. The van der Waals surface area contributed by atoms with Crippen LogP contribution in [0.25, 0.3) is 0 Å². The number of nitrogens with one attached hydrogen (secondary N) is 1. The van der Waals surface area contributed by atoms with Gasteiger partial charge in [-0.05, 0) is 12.8 Å². The third kappa shape index (κ3) is 3.49. The van der Waals surface area contributed by atoms with E-state index in [1.165, 1.54) is 11.8 Å². The summed E-state index contributed by atoms with van der Waals surface area (Å²) in [5.74, 6) is 1.32. The van der Waals surface area contributed by atoms with Gasteiger partial charge in [-0.1, -0.05) is 0 Å². The number of aromatic nitrogens is 4. The van der Waals surface area contributed by atoms with Crippen LogP contribution >= 0.6 is 0 Å². The van der Waals surface area contributed by atoms with Crippen LogP contribution in [0.5, 0.6) is 5.88 Å². The highest BCUT2D eigenvalue weighted by Gasteiger charge is 2.21. The number of ether oxygens (including phenoxy) is 1. The Morgan fingerprint density at radius 3 is 2.68 bits per heavy atom. The number of nitrogens with zero attached hydrogens (tertiary/aromatic N) is 6. The minimum absolute atomic E-state index is 0.279. The Bertz CT molecular complexity index is 766. The van der Waals surface area contributed by atoms with Gasteiger partial charge < -0.3 is 19.9 Å². The van der Waals surface area contributed by atoms with E-state index in [1.54, 1.807) is 19.4 Å². The Morgan fingerprint density at radius 2 is 2.04 bits per heavy atom. The van der Waals surface area contributed by atoms with Gasteiger partial charge in [0.05, 0.1) is 13.3 Å². The van der Waals surface area contributed by atoms with E-state index in [4.69, 9.17) is 4.74 Å². The summed E-state index contributed by atoms with van der Waals surface area (Å²) in [6, 6.07) is 0. The summed E-state index contributed by atoms with van der Waals surface area (Å²) in [6.45, 7) is 1.93. The first-order valence-electron chi connectivity index (χ1n) is 8.18. The molecule has 0 unspecified atom stereocenters. The second-order valence-electron chi connectivity index (χ2n) is 6.18. The first-order valence-corrected chi connectivity index (χ1v) is 8.18. The fraction of sp³-hybridized carbons (Fsp3) is 0.500. The molecule has 0 aliphatic carbocycles. The van der Waals surface area contributed by atoms with E-state index in [0.717, 1.165) is 25.9 Å². The molecule has 0 spiro atoms. The lowest BCUT2D eigenvalue weighted by Gasteiger charge is -2.20. The number of amides is 1. The molecule has 9 heteroatoms. The van der Waals surface area contributed by atoms with E-state index >= 15 is 0 Å². The van der Waals surface area contributed by atoms with Crippen molar-refractivity contribution in [2.75, 3.05) is 49.4 Å². The van der Waals surface area contributed by atoms with Gasteiger partial charge in [0, 0.05) is 40.4 Å². The zero-order valence-corrected chi connectivity index (χ0v) is 15.0. The molecule has 1 saturated heterocycles. The standard InChI is InChI=1S/C16H23N7O2/c1-21(2)13-12(9-17-16(19-13)23-7-5-6-8-23)18-14(24)11-10-22(3)20-15(11)25-4/h9-10H,5-8H2,1-4H3,(H,18,24). The second kappa shape index (κ2) is 6.96. The molecule has 2 aromatic heterocycles. The lowest BCUT2D eigenvalue weighted by Crippen LogP contribution is -2.23. The van der Waals surface area contributed by atoms with Crippen molar-refractivity contribution in [3.63, 3.8) is 0 Å². The number of rotatable bonds is 5. The maximum atomic E-state index is 12.6. The first kappa shape index (κ1) is 17.0. The summed E-state index contributed by atoms with van der Waals surface area (Å²) in [4.78, 5) is 25.7. The van der Waals surface area contributed by atoms with E-state index in [2.05, 4.69) is 25.3 Å². The van der Waals surface area contributed by atoms with Gasteiger partial charge >= 0.3 is 0 Å². The van der Waals surface area contributed by atoms with Gasteiger partial charge in [0.2, 0.25) is 11.8 Å². The van der Waals surface area contributed by atoms with Crippen LogP contribution in [0.3, 0.4) is 0 Å². The monoisotopic (exact) mass is 345 g/mol. The van der Waals surface area contributed by atoms with Crippen molar-refractivity contribution in [1.82, 2.24) is 19.7 Å². The lowest BCUT2D eigenvalue weighted by atomic mass is 10.3. The first-order chi connectivity index (χ1) is 12.0. The highest BCUT2D eigenvalue weighted by Crippen LogP contribution is 2.26. The summed E-state index contributed by atoms with van der Waals surface area (Å²) in [5, 5.41) is 6.96. The Hall–Kier alpha value is -2.84. The van der Waals surface area contributed by atoms with Crippen molar-refractivity contribution in [2.24, 2.45) is 7.05 Å². The molecule has 0 saturated carbocycles. The van der Waals surface area contributed by atoms with Crippen molar-refractivity contribution < 1.29 is 9.53 Å². The molecule has 2 aromatic rings. The molecule has 134 valence electrons. The molecule has 9 nitrogen and oxygen atoms in total. The molecule has 1 N–H and O–H groups in total. The van der Waals surface area contributed by atoms with E-state index in [9.17, 15) is 4.79 Å². The van der Waals surface area contributed by atoms with Crippen LogP contribution in [0, 0.1) is 0 Å². The molecule has 0 aromatic carbocycles. The average molecular weight is 345 g/mol. The van der Waals surface area contributed by atoms with Gasteiger partial charge in [-0.15, -0.1) is 5.10 Å². The van der Waals surface area contributed by atoms with Crippen molar-refractivity contribution in [3.8, 4) is 5.88 Å². The highest BCUT2D eigenvalue weighted by molar-refractivity contribution is 6.07. The molecule has 0 bridgehead atoms. The van der Waals surface area contributed by atoms with Crippen LogP contribution in [0.4, 0.5) is 17.5 Å². The van der Waals surface area contributed by atoms with Crippen molar-refractivity contribution in [1.29, 1.82) is 0 Å². The largest absolute Gasteiger partial charge is 0.479 e. The predicted molar refractivity (Wildman–Crippen MR) is 95.5 cm³/mol. The molecular formula is C16H23N7O2. The quantitative estimate of drug-likeness (QED) is 0.869. The molecule has 1 aliphatic heterocycles. The van der Waals surface area contributed by atoms with Crippen molar-refractivity contribution >= 4 is 23.4 Å². The fourth-order valence-corrected chi connectivity index (χ4v) is 2.83. The number of anilines is 3. The van der Waals surface area contributed by atoms with Gasteiger partial charge in [-0.3, -0.25) is 9.48 Å². The molecule has 1 fully saturated rings. The van der Waals surface area contributed by atoms with E-state index in [0.29, 0.717) is 23.0 Å².